The first-order valence-corrected chi connectivity index (χ1v) is 31.9. The summed E-state index contributed by atoms with van der Waals surface area (Å²) < 4.78 is 12.9. The topological polar surface area (TPSA) is 126 Å². The number of hydrogen-bond acceptors (Lipinski definition) is 8. The van der Waals surface area contributed by atoms with Crippen molar-refractivity contribution in [3.8, 4) is 0 Å². The van der Waals surface area contributed by atoms with E-state index in [2.05, 4.69) is 104 Å². The number of halogens is 1. The van der Waals surface area contributed by atoms with E-state index >= 15 is 0 Å². The average Bonchev–Trinajstić information content (AvgIpc) is 3.86. The number of alkyl halides is 1. The largest absolute Gasteiger partial charge is 0.481 e. The van der Waals surface area contributed by atoms with Crippen LogP contribution >= 0.6 is 57.9 Å². The zero-order chi connectivity index (χ0) is 48.0. The Kier molecular flexibility index (Phi) is 22.9. The van der Waals surface area contributed by atoms with Crippen molar-refractivity contribution in [2.75, 3.05) is 56.0 Å². The van der Waals surface area contributed by atoms with Crippen molar-refractivity contribution in [2.45, 2.75) is 203 Å². The number of carboxylic acid groups (broad SMARTS) is 1. The first-order valence-electron chi connectivity index (χ1n) is 27.4. The fourth-order valence-corrected chi connectivity index (χ4v) is 20.0. The summed E-state index contributed by atoms with van der Waals surface area (Å²) >= 11 is 9.00. The van der Waals surface area contributed by atoms with Crippen LogP contribution in [0, 0.1) is 57.7 Å². The van der Waals surface area contributed by atoms with E-state index in [9.17, 15) is 19.5 Å². The lowest BCUT2D eigenvalue weighted by molar-refractivity contribution is -0.138. The second kappa shape index (κ2) is 27.3. The highest BCUT2D eigenvalue weighted by atomic mass is 127. The van der Waals surface area contributed by atoms with Gasteiger partial charge in [-0.15, -0.1) is 0 Å². The van der Waals surface area contributed by atoms with Crippen molar-refractivity contribution in [1.82, 2.24) is 16.0 Å². The molecule has 7 aliphatic rings. The highest BCUT2D eigenvalue weighted by Gasteiger charge is 2.64. The number of nitrogens with one attached hydrogen (secondary N) is 3. The number of carboxylic acids is 1. The molecule has 2 saturated heterocycles. The third-order valence-corrected chi connectivity index (χ3v) is 23.6. The summed E-state index contributed by atoms with van der Waals surface area (Å²) in [6.45, 7) is 18.4. The van der Waals surface area contributed by atoms with Gasteiger partial charge in [-0.1, -0.05) is 103 Å². The van der Waals surface area contributed by atoms with Gasteiger partial charge >= 0.3 is 12.0 Å². The zero-order valence-corrected chi connectivity index (χ0v) is 47.3. The average molecular weight is 1100 g/mol. The van der Waals surface area contributed by atoms with Gasteiger partial charge in [0.2, 0.25) is 5.91 Å². The number of fused-ring (bicyclic) bond motifs is 6. The van der Waals surface area contributed by atoms with Crippen molar-refractivity contribution in [1.29, 1.82) is 0 Å². The molecule has 6 bridgehead atoms. The molecule has 0 aromatic heterocycles. The highest BCUT2D eigenvalue weighted by Crippen LogP contribution is 2.71. The van der Waals surface area contributed by atoms with Crippen LogP contribution in [0.15, 0.2) is 0 Å². The van der Waals surface area contributed by atoms with Gasteiger partial charge in [-0.25, -0.2) is 4.79 Å². The molecule has 2 aliphatic heterocycles. The number of unbranched alkanes of at least 4 members (excludes halogenated alkanes) is 1. The van der Waals surface area contributed by atoms with Crippen LogP contribution in [-0.2, 0) is 19.1 Å². The first kappa shape index (κ1) is 56.2. The summed E-state index contributed by atoms with van der Waals surface area (Å²) in [5.74, 6) is 8.77. The van der Waals surface area contributed by atoms with Crippen LogP contribution < -0.4 is 16.0 Å². The fourth-order valence-electron chi connectivity index (χ4n) is 15.1. The minimum absolute atomic E-state index is 0.0368. The summed E-state index contributed by atoms with van der Waals surface area (Å²) in [5.41, 5.74) is 0.955. The maximum absolute atomic E-state index is 12.7. The molecule has 13 heteroatoms. The lowest BCUT2D eigenvalue weighted by Gasteiger charge is -2.61. The predicted octanol–water partition coefficient (Wildman–Crippen LogP) is 12.7. The van der Waals surface area contributed by atoms with E-state index < -0.39 is 5.97 Å². The van der Waals surface area contributed by atoms with Crippen LogP contribution in [0.2, 0.25) is 0 Å². The molecule has 10 unspecified atom stereocenters. The van der Waals surface area contributed by atoms with Crippen LogP contribution in [-0.4, -0.2) is 106 Å². The molecule has 67 heavy (non-hydrogen) atoms. The van der Waals surface area contributed by atoms with E-state index in [1.165, 1.54) is 108 Å². The van der Waals surface area contributed by atoms with Gasteiger partial charge in [-0.05, 0) is 147 Å². The molecule has 7 rings (SSSR count). The highest BCUT2D eigenvalue weighted by molar-refractivity contribution is 14.1. The SMILES string of the molecule is CCC(SCCOCCC(=O)O)[C@]12CCCC3(CSCCOCCNC(=O)CCCC[C@@H]4SCC5NC(=O)NC54)C4CC[C@@H]1C(C)(C4)C(C)C[C@H]3CCC(C)CCC(C)CC2CCC[C@@H](C)I. The Morgan fingerprint density at radius 1 is 0.910 bits per heavy atom. The predicted molar refractivity (Wildman–Crippen MR) is 292 cm³/mol. The smallest absolute Gasteiger partial charge is 0.315 e. The maximum Gasteiger partial charge on any atom is 0.315 e. The molecule has 4 N–H and O–H groups in total. The number of aliphatic carboxylic acids is 1. The number of urea groups is 1. The molecule has 2 heterocycles. The van der Waals surface area contributed by atoms with E-state index in [0.717, 1.165) is 78.6 Å². The second-order valence-corrected chi connectivity index (χ2v) is 28.8. The number of ether oxygens (including phenoxy) is 2. The van der Waals surface area contributed by atoms with Gasteiger partial charge in [0.05, 0.1) is 44.9 Å². The minimum atomic E-state index is -0.778. The molecule has 386 valence electrons. The number of thioether (sulfide) groups is 3. The third-order valence-electron chi connectivity index (χ3n) is 18.7. The standard InChI is InChI=1S/C54H94IN3O6S3/c1-7-47(66-31-29-63-26-22-49(60)61)54-24-11-23-53(36-65-30-28-64-27-25-56-48(59)15-9-8-14-45-50-44(35-67-45)57-51(62)58-50)41(33-39(4)52(6)34-43(53)20-21-46(52)54)19-18-37(2)16-17-38(3)32-42(54)13-10-12-40(5)55/h37-47,50H,7-36H2,1-6H3,(H,56,59)(H,60,61)(H2,57,58,62)/t37?,38?,39?,40-,41-,42?,43?,44?,45+,46-,47?,50?,52?,53?,54+/m1/s1. The number of carbonyl (C=O) groups excluding carboxylic acids is 2. The summed E-state index contributed by atoms with van der Waals surface area (Å²) in [6.07, 6.45) is 25.2. The molecule has 3 amide bonds. The Bertz CT molecular complexity index is 1550. The Labute approximate surface area is 434 Å². The van der Waals surface area contributed by atoms with Crippen LogP contribution in [0.4, 0.5) is 4.79 Å². The van der Waals surface area contributed by atoms with Crippen molar-refractivity contribution in [2.24, 2.45) is 57.7 Å². The lowest BCUT2D eigenvalue weighted by Crippen LogP contribution is -2.55. The molecular formula is C54H94IN3O6S3. The number of hydrogen-bond donors (Lipinski definition) is 4. The number of rotatable bonds is 26. The molecule has 5 aliphatic carbocycles. The van der Waals surface area contributed by atoms with E-state index in [0.29, 0.717) is 64.0 Å². The van der Waals surface area contributed by atoms with E-state index in [-0.39, 0.29) is 35.9 Å². The van der Waals surface area contributed by atoms with E-state index in [1.54, 1.807) is 0 Å². The summed E-state index contributed by atoms with van der Waals surface area (Å²) in [6, 6.07) is 0.450. The zero-order valence-electron chi connectivity index (χ0n) is 42.7. The van der Waals surface area contributed by atoms with Gasteiger partial charge in [-0.3, -0.25) is 9.59 Å². The number of amides is 3. The maximum atomic E-state index is 12.7. The molecule has 15 atom stereocenters. The van der Waals surface area contributed by atoms with Gasteiger partial charge in [0.25, 0.3) is 0 Å². The Morgan fingerprint density at radius 2 is 1.67 bits per heavy atom. The molecule has 0 radical (unpaired) electrons. The molecule has 5 saturated carbocycles. The third kappa shape index (κ3) is 14.8. The van der Waals surface area contributed by atoms with Crippen molar-refractivity contribution >= 4 is 75.8 Å². The monoisotopic (exact) mass is 1100 g/mol. The van der Waals surface area contributed by atoms with Gasteiger partial charge < -0.3 is 30.5 Å². The van der Waals surface area contributed by atoms with E-state index in [1.807, 2.05) is 11.8 Å². The minimum Gasteiger partial charge on any atom is -0.481 e. The lowest BCUT2D eigenvalue weighted by atomic mass is 9.46. The Morgan fingerprint density at radius 3 is 2.46 bits per heavy atom. The molecular weight excluding hydrogens is 1010 g/mol. The van der Waals surface area contributed by atoms with Gasteiger partial charge in [0.15, 0.2) is 0 Å². The number of carbonyl (C=O) groups is 3. The summed E-state index contributed by atoms with van der Waals surface area (Å²) in [5, 5.41) is 19.5. The van der Waals surface area contributed by atoms with Crippen molar-refractivity contribution in [3.63, 3.8) is 0 Å². The van der Waals surface area contributed by atoms with Crippen LogP contribution in [0.5, 0.6) is 0 Å². The van der Waals surface area contributed by atoms with Crippen molar-refractivity contribution < 1.29 is 29.0 Å². The molecule has 7 fully saturated rings. The van der Waals surface area contributed by atoms with Gasteiger partial charge in [-0.2, -0.15) is 35.3 Å². The van der Waals surface area contributed by atoms with Crippen LogP contribution in [0.3, 0.4) is 0 Å². The first-order chi connectivity index (χ1) is 32.2. The quantitative estimate of drug-likeness (QED) is 0.0290. The Balaban J connectivity index is 1.12. The van der Waals surface area contributed by atoms with Crippen LogP contribution in [0.1, 0.15) is 176 Å². The second-order valence-electron chi connectivity index (χ2n) is 23.0. The molecule has 0 aromatic carbocycles. The molecule has 0 aromatic rings. The fraction of sp³-hybridized carbons (Fsp3) is 0.944. The van der Waals surface area contributed by atoms with Crippen molar-refractivity contribution in [3.05, 3.63) is 0 Å². The Hall–Kier alpha value is -0.0900. The normalized spacial score (nSPS) is 37.2. The summed E-state index contributed by atoms with van der Waals surface area (Å²) in [4.78, 5) is 35.7. The molecule has 0 spiro atoms. The van der Waals surface area contributed by atoms with Gasteiger partial charge in [0, 0.05) is 44.6 Å². The van der Waals surface area contributed by atoms with E-state index in [4.69, 9.17) is 9.47 Å². The summed E-state index contributed by atoms with van der Waals surface area (Å²) in [7, 11) is 0. The van der Waals surface area contributed by atoms with Crippen LogP contribution in [0.25, 0.3) is 0 Å². The van der Waals surface area contributed by atoms with Gasteiger partial charge in [0.1, 0.15) is 0 Å². The molecule has 9 nitrogen and oxygen atoms in total.